The van der Waals surface area contributed by atoms with Crippen molar-refractivity contribution in [1.82, 2.24) is 0 Å². The molecule has 27 heavy (non-hydrogen) atoms. The van der Waals surface area contributed by atoms with Gasteiger partial charge >= 0.3 is 5.97 Å². The Balaban J connectivity index is 2.43. The van der Waals surface area contributed by atoms with Crippen molar-refractivity contribution < 1.29 is 18.8 Å². The van der Waals surface area contributed by atoms with Crippen LogP contribution in [-0.2, 0) is 22.2 Å². The molecule has 0 spiro atoms. The van der Waals surface area contributed by atoms with E-state index in [1.807, 2.05) is 37.3 Å². The lowest BCUT2D eigenvalue weighted by atomic mass is 10.0. The van der Waals surface area contributed by atoms with Gasteiger partial charge in [0.15, 0.2) is 0 Å². The third-order valence-electron chi connectivity index (χ3n) is 4.25. The molecule has 0 saturated heterocycles. The van der Waals surface area contributed by atoms with Gasteiger partial charge in [-0.1, -0.05) is 37.8 Å². The van der Waals surface area contributed by atoms with Crippen molar-refractivity contribution in [2.45, 2.75) is 51.0 Å². The lowest BCUT2D eigenvalue weighted by Crippen LogP contribution is -2.22. The maximum absolute atomic E-state index is 13.0. The average molecular weight is 405 g/mol. The molecule has 146 valence electrons. The normalized spacial score (nSPS) is 12.7. The number of hydrogen-bond donors (Lipinski definition) is 1. The van der Waals surface area contributed by atoms with Crippen LogP contribution in [0.4, 0.5) is 0 Å². The quantitative estimate of drug-likeness (QED) is 0.418. The van der Waals surface area contributed by atoms with Gasteiger partial charge in [0.25, 0.3) is 0 Å². The van der Waals surface area contributed by atoms with Gasteiger partial charge in [-0.25, -0.2) is 0 Å². The maximum atomic E-state index is 13.0. The summed E-state index contributed by atoms with van der Waals surface area (Å²) in [7, 11) is -2.43. The Morgan fingerprint density at radius 3 is 2.41 bits per heavy atom. The number of hydrogen-bond acceptors (Lipinski definition) is 4. The summed E-state index contributed by atoms with van der Waals surface area (Å²) in [6, 6.07) is 12.2. The Kier molecular flexibility index (Phi) is 7.14. The van der Waals surface area contributed by atoms with Crippen LogP contribution in [0.3, 0.4) is 0 Å². The van der Waals surface area contributed by atoms with Crippen LogP contribution < -0.4 is 4.74 Å². The fourth-order valence-corrected chi connectivity index (χ4v) is 6.81. The number of carbonyl (C=O) groups is 1. The monoisotopic (exact) mass is 404 g/mol. The summed E-state index contributed by atoms with van der Waals surface area (Å²) in [6.07, 6.45) is 0. The van der Waals surface area contributed by atoms with E-state index < -0.39 is 18.9 Å². The SMILES string of the molecule is CC(=O)Oc1ccc(-c2ccc(CO)cc2S(=O)CC[Si](C)(C)C)cc1C. The second-order valence-corrected chi connectivity index (χ2v) is 15.1. The minimum Gasteiger partial charge on any atom is -0.426 e. The fraction of sp³-hybridized carbons (Fsp3) is 0.381. The summed E-state index contributed by atoms with van der Waals surface area (Å²) in [5.74, 6) is 0.799. The van der Waals surface area contributed by atoms with E-state index in [-0.39, 0.29) is 12.6 Å². The van der Waals surface area contributed by atoms with E-state index in [0.717, 1.165) is 33.2 Å². The fourth-order valence-electron chi connectivity index (χ4n) is 2.69. The number of aliphatic hydroxyl groups excluding tert-OH is 1. The molecule has 1 unspecified atom stereocenters. The summed E-state index contributed by atoms with van der Waals surface area (Å²) < 4.78 is 18.2. The Morgan fingerprint density at radius 1 is 1.15 bits per heavy atom. The first kappa shape index (κ1) is 21.5. The molecule has 0 aliphatic heterocycles. The van der Waals surface area contributed by atoms with Gasteiger partial charge in [-0.2, -0.15) is 0 Å². The Hall–Kier alpha value is -1.76. The highest BCUT2D eigenvalue weighted by Gasteiger charge is 2.18. The first-order valence-electron chi connectivity index (χ1n) is 9.02. The molecule has 1 N–H and O–H groups in total. The molecular weight excluding hydrogens is 376 g/mol. The second-order valence-electron chi connectivity index (χ2n) is 7.92. The highest BCUT2D eigenvalue weighted by atomic mass is 32.2. The summed E-state index contributed by atoms with van der Waals surface area (Å²) in [5.41, 5.74) is 3.40. The van der Waals surface area contributed by atoms with Crippen LogP contribution in [0.2, 0.25) is 25.7 Å². The van der Waals surface area contributed by atoms with Crippen molar-refractivity contribution in [3.05, 3.63) is 47.5 Å². The average Bonchev–Trinajstić information content (AvgIpc) is 2.60. The van der Waals surface area contributed by atoms with E-state index in [0.29, 0.717) is 11.5 Å². The number of carbonyl (C=O) groups excluding carboxylic acids is 1. The number of ether oxygens (including phenoxy) is 1. The van der Waals surface area contributed by atoms with Crippen molar-refractivity contribution >= 4 is 24.8 Å². The topological polar surface area (TPSA) is 63.6 Å². The smallest absolute Gasteiger partial charge is 0.308 e. The van der Waals surface area contributed by atoms with Crippen molar-refractivity contribution in [1.29, 1.82) is 0 Å². The van der Waals surface area contributed by atoms with Crippen LogP contribution in [0.25, 0.3) is 11.1 Å². The van der Waals surface area contributed by atoms with Crippen molar-refractivity contribution in [3.63, 3.8) is 0 Å². The van der Waals surface area contributed by atoms with Crippen molar-refractivity contribution in [2.24, 2.45) is 0 Å². The van der Waals surface area contributed by atoms with Gasteiger partial charge in [-0.05, 0) is 53.4 Å². The van der Waals surface area contributed by atoms with Crippen LogP contribution in [0.1, 0.15) is 18.1 Å². The maximum Gasteiger partial charge on any atom is 0.308 e. The summed E-state index contributed by atoms with van der Waals surface area (Å²) in [5, 5.41) is 9.49. The first-order chi connectivity index (χ1) is 12.6. The van der Waals surface area contributed by atoms with Gasteiger partial charge in [-0.15, -0.1) is 0 Å². The predicted molar refractivity (Wildman–Crippen MR) is 113 cm³/mol. The molecule has 0 aliphatic rings. The molecule has 0 radical (unpaired) electrons. The molecule has 0 heterocycles. The van der Waals surface area contributed by atoms with Crippen molar-refractivity contribution in [3.8, 4) is 16.9 Å². The molecule has 0 aliphatic carbocycles. The van der Waals surface area contributed by atoms with Gasteiger partial charge in [0.2, 0.25) is 0 Å². The van der Waals surface area contributed by atoms with E-state index in [1.54, 1.807) is 6.07 Å². The molecule has 0 amide bonds. The number of aryl methyl sites for hydroxylation is 1. The molecule has 0 fully saturated rings. The highest BCUT2D eigenvalue weighted by Crippen LogP contribution is 2.32. The van der Waals surface area contributed by atoms with Gasteiger partial charge in [0, 0.05) is 25.6 Å². The highest BCUT2D eigenvalue weighted by molar-refractivity contribution is 7.85. The zero-order valence-electron chi connectivity index (χ0n) is 16.7. The Morgan fingerprint density at radius 2 is 1.85 bits per heavy atom. The van der Waals surface area contributed by atoms with Crippen LogP contribution in [0, 0.1) is 6.92 Å². The van der Waals surface area contributed by atoms with Crippen LogP contribution in [0.15, 0.2) is 41.3 Å². The van der Waals surface area contributed by atoms with E-state index in [4.69, 9.17) is 4.74 Å². The zero-order valence-corrected chi connectivity index (χ0v) is 18.5. The summed E-state index contributed by atoms with van der Waals surface area (Å²) >= 11 is 0. The molecule has 2 aromatic carbocycles. The number of aliphatic hydroxyl groups is 1. The van der Waals surface area contributed by atoms with Crippen LogP contribution in [0.5, 0.6) is 5.75 Å². The van der Waals surface area contributed by atoms with Gasteiger partial charge in [-0.3, -0.25) is 9.00 Å². The third kappa shape index (κ3) is 6.12. The molecule has 6 heteroatoms. The molecule has 1 atom stereocenters. The minimum atomic E-state index is -1.29. The zero-order chi connectivity index (χ0) is 20.2. The minimum absolute atomic E-state index is 0.0804. The van der Waals surface area contributed by atoms with Gasteiger partial charge < -0.3 is 9.84 Å². The lowest BCUT2D eigenvalue weighted by Gasteiger charge is -2.17. The van der Waals surface area contributed by atoms with Crippen LogP contribution >= 0.6 is 0 Å². The van der Waals surface area contributed by atoms with E-state index in [9.17, 15) is 14.1 Å². The van der Waals surface area contributed by atoms with Gasteiger partial charge in [0.1, 0.15) is 5.75 Å². The molecule has 0 aromatic heterocycles. The van der Waals surface area contributed by atoms with E-state index in [1.165, 1.54) is 6.92 Å². The molecular formula is C21H28O4SSi. The number of esters is 1. The van der Waals surface area contributed by atoms with Crippen LogP contribution in [-0.4, -0.2) is 29.1 Å². The molecule has 0 bridgehead atoms. The standard InChI is InChI=1S/C21H28O4SSi/c1-15-12-18(7-9-20(15)25-16(2)23)19-8-6-17(14-22)13-21(19)26(24)10-11-27(3,4)5/h6-9,12-13,22H,10-11,14H2,1-5H3. The number of rotatable bonds is 7. The van der Waals surface area contributed by atoms with E-state index >= 15 is 0 Å². The summed E-state index contributed by atoms with van der Waals surface area (Å²) in [4.78, 5) is 12.0. The molecule has 2 aromatic rings. The lowest BCUT2D eigenvalue weighted by molar-refractivity contribution is -0.131. The molecule has 2 rings (SSSR count). The Labute approximate surface area is 165 Å². The molecule has 4 nitrogen and oxygen atoms in total. The number of benzene rings is 2. The Bertz CT molecular complexity index is 856. The second kappa shape index (κ2) is 8.95. The van der Waals surface area contributed by atoms with E-state index in [2.05, 4.69) is 19.6 Å². The third-order valence-corrected chi connectivity index (χ3v) is 7.77. The molecule has 0 saturated carbocycles. The largest absolute Gasteiger partial charge is 0.426 e. The first-order valence-corrected chi connectivity index (χ1v) is 14.0. The van der Waals surface area contributed by atoms with Gasteiger partial charge in [0.05, 0.1) is 17.4 Å². The van der Waals surface area contributed by atoms with Crippen molar-refractivity contribution in [2.75, 3.05) is 5.75 Å². The predicted octanol–water partition coefficient (Wildman–Crippen LogP) is 4.53. The summed E-state index contributed by atoms with van der Waals surface area (Å²) in [6.45, 7) is 9.99.